The molecular formula is C13H15N3O4S. The van der Waals surface area contributed by atoms with Crippen LogP contribution in [0, 0.1) is 11.3 Å². The highest BCUT2D eigenvalue weighted by molar-refractivity contribution is 7.07. The number of hydrogen-bond acceptors (Lipinski definition) is 7. The second-order valence-electron chi connectivity index (χ2n) is 3.94. The molecule has 1 amide bonds. The Morgan fingerprint density at radius 3 is 2.95 bits per heavy atom. The van der Waals surface area contributed by atoms with Crippen LogP contribution in [-0.4, -0.2) is 48.2 Å². The Balaban J connectivity index is 2.79. The molecule has 112 valence electrons. The molecule has 21 heavy (non-hydrogen) atoms. The first-order valence-electron chi connectivity index (χ1n) is 6.01. The minimum atomic E-state index is -0.905. The molecule has 0 fully saturated rings. The zero-order valence-corrected chi connectivity index (χ0v) is 12.3. The minimum absolute atomic E-state index is 0.0415. The molecule has 8 heteroatoms. The smallest absolute Gasteiger partial charge is 0.410 e. The first kappa shape index (κ1) is 16.7. The number of carbonyl (C=O) groups excluding carboxylic acids is 2. The van der Waals surface area contributed by atoms with E-state index in [1.165, 1.54) is 24.5 Å². The van der Waals surface area contributed by atoms with E-state index in [1.807, 2.05) is 0 Å². The zero-order valence-electron chi connectivity index (χ0n) is 11.5. The van der Waals surface area contributed by atoms with Gasteiger partial charge in [0.15, 0.2) is 6.61 Å². The molecule has 0 aliphatic rings. The maximum Gasteiger partial charge on any atom is 0.410 e. The first-order chi connectivity index (χ1) is 10.1. The van der Waals surface area contributed by atoms with E-state index >= 15 is 0 Å². The summed E-state index contributed by atoms with van der Waals surface area (Å²) >= 11 is 1.38. The fraction of sp³-hybridized carbons (Fsp3) is 0.385. The van der Waals surface area contributed by atoms with E-state index in [0.29, 0.717) is 5.69 Å². The van der Waals surface area contributed by atoms with Crippen molar-refractivity contribution in [2.24, 2.45) is 0 Å². The van der Waals surface area contributed by atoms with E-state index in [4.69, 9.17) is 14.7 Å². The van der Waals surface area contributed by atoms with Gasteiger partial charge in [-0.05, 0) is 0 Å². The number of thiazole rings is 1. The standard InChI is InChI=1S/C13H15N3O4S/c1-3-5-20-13(18)16(2)11(12(17)19-6-4-14)7-10-8-21-9-15-10/h3,8-9,11H,1,5-7H2,2H3/t11-/m0/s1. The lowest BCUT2D eigenvalue weighted by molar-refractivity contribution is -0.147. The number of ether oxygens (including phenoxy) is 2. The van der Waals surface area contributed by atoms with Gasteiger partial charge >= 0.3 is 12.1 Å². The van der Waals surface area contributed by atoms with Gasteiger partial charge in [-0.3, -0.25) is 4.90 Å². The molecule has 1 rings (SSSR count). The Labute approximate surface area is 126 Å². The van der Waals surface area contributed by atoms with Crippen molar-refractivity contribution in [2.45, 2.75) is 12.5 Å². The summed E-state index contributed by atoms with van der Waals surface area (Å²) in [5.74, 6) is -0.678. The third kappa shape index (κ3) is 5.24. The van der Waals surface area contributed by atoms with Crippen LogP contribution in [0.4, 0.5) is 4.79 Å². The average molecular weight is 309 g/mol. The highest BCUT2D eigenvalue weighted by atomic mass is 32.1. The molecule has 7 nitrogen and oxygen atoms in total. The van der Waals surface area contributed by atoms with E-state index < -0.39 is 18.1 Å². The van der Waals surface area contributed by atoms with E-state index in [9.17, 15) is 9.59 Å². The minimum Gasteiger partial charge on any atom is -0.449 e. The summed E-state index contributed by atoms with van der Waals surface area (Å²) in [4.78, 5) is 29.0. The van der Waals surface area contributed by atoms with Crippen molar-refractivity contribution in [3.8, 4) is 6.07 Å². The van der Waals surface area contributed by atoms with Gasteiger partial charge in [0.1, 0.15) is 18.7 Å². The maximum absolute atomic E-state index is 12.0. The molecule has 0 spiro atoms. The summed E-state index contributed by atoms with van der Waals surface area (Å²) in [5, 5.41) is 10.2. The molecule has 1 atom stereocenters. The number of aromatic nitrogens is 1. The quantitative estimate of drug-likeness (QED) is 0.558. The molecule has 1 aromatic heterocycles. The van der Waals surface area contributed by atoms with Crippen LogP contribution >= 0.6 is 11.3 Å². The Morgan fingerprint density at radius 2 is 2.38 bits per heavy atom. The average Bonchev–Trinajstić information content (AvgIpc) is 3.00. The van der Waals surface area contributed by atoms with Gasteiger partial charge in [-0.1, -0.05) is 12.7 Å². The van der Waals surface area contributed by atoms with Crippen LogP contribution in [0.25, 0.3) is 0 Å². The summed E-state index contributed by atoms with van der Waals surface area (Å²) in [6.45, 7) is 3.11. The van der Waals surface area contributed by atoms with Gasteiger partial charge in [0, 0.05) is 18.8 Å². The van der Waals surface area contributed by atoms with Crippen LogP contribution in [0.2, 0.25) is 0 Å². The van der Waals surface area contributed by atoms with Crippen LogP contribution in [0.3, 0.4) is 0 Å². The van der Waals surface area contributed by atoms with E-state index in [0.717, 1.165) is 4.90 Å². The zero-order chi connectivity index (χ0) is 15.7. The lowest BCUT2D eigenvalue weighted by atomic mass is 10.1. The fourth-order valence-corrected chi connectivity index (χ4v) is 2.04. The summed E-state index contributed by atoms with van der Waals surface area (Å²) < 4.78 is 9.67. The fourth-order valence-electron chi connectivity index (χ4n) is 1.47. The summed E-state index contributed by atoms with van der Waals surface area (Å²) in [6, 6.07) is 0.805. The number of nitriles is 1. The predicted molar refractivity (Wildman–Crippen MR) is 75.5 cm³/mol. The molecular weight excluding hydrogens is 294 g/mol. The topological polar surface area (TPSA) is 92.5 Å². The summed E-state index contributed by atoms with van der Waals surface area (Å²) in [7, 11) is 1.43. The highest BCUT2D eigenvalue weighted by Gasteiger charge is 2.30. The van der Waals surface area contributed by atoms with E-state index in [2.05, 4.69) is 11.6 Å². The molecule has 0 saturated carbocycles. The van der Waals surface area contributed by atoms with Gasteiger partial charge in [-0.2, -0.15) is 5.26 Å². The second-order valence-corrected chi connectivity index (χ2v) is 4.66. The van der Waals surface area contributed by atoms with Gasteiger partial charge in [-0.25, -0.2) is 14.6 Å². The highest BCUT2D eigenvalue weighted by Crippen LogP contribution is 2.11. The number of amides is 1. The molecule has 0 aromatic carbocycles. The Bertz CT molecular complexity index is 524. The van der Waals surface area contributed by atoms with Crippen molar-refractivity contribution in [1.29, 1.82) is 5.26 Å². The Hall–Kier alpha value is -2.40. The lowest BCUT2D eigenvalue weighted by Crippen LogP contribution is -2.45. The first-order valence-corrected chi connectivity index (χ1v) is 6.95. The van der Waals surface area contributed by atoms with Crippen molar-refractivity contribution in [1.82, 2.24) is 9.88 Å². The van der Waals surface area contributed by atoms with Gasteiger partial charge in [0.05, 0.1) is 11.2 Å². The molecule has 0 saturated heterocycles. The van der Waals surface area contributed by atoms with Gasteiger partial charge < -0.3 is 9.47 Å². The van der Waals surface area contributed by atoms with Gasteiger partial charge in [-0.15, -0.1) is 11.3 Å². The molecule has 0 aliphatic heterocycles. The Kier molecular flexibility index (Phi) is 6.91. The number of carbonyl (C=O) groups is 2. The molecule has 0 N–H and O–H groups in total. The van der Waals surface area contributed by atoms with Crippen LogP contribution < -0.4 is 0 Å². The second kappa shape index (κ2) is 8.71. The van der Waals surface area contributed by atoms with Crippen molar-refractivity contribution >= 4 is 23.4 Å². The normalized spacial score (nSPS) is 11.0. The van der Waals surface area contributed by atoms with Crippen molar-refractivity contribution < 1.29 is 19.1 Å². The van der Waals surface area contributed by atoms with Crippen molar-refractivity contribution in [3.05, 3.63) is 29.2 Å². The maximum atomic E-state index is 12.0. The third-order valence-corrected chi connectivity index (χ3v) is 3.15. The summed E-state index contributed by atoms with van der Waals surface area (Å²) in [6.07, 6.45) is 0.937. The molecule has 0 radical (unpaired) electrons. The monoisotopic (exact) mass is 309 g/mol. The number of rotatable bonds is 7. The number of likely N-dealkylation sites (N-methyl/N-ethyl adjacent to an activating group) is 1. The molecule has 0 bridgehead atoms. The number of nitrogens with zero attached hydrogens (tertiary/aromatic N) is 3. The number of esters is 1. The number of hydrogen-bond donors (Lipinski definition) is 0. The predicted octanol–water partition coefficient (Wildman–Crippen LogP) is 1.38. The van der Waals surface area contributed by atoms with E-state index in [1.54, 1.807) is 17.0 Å². The summed E-state index contributed by atoms with van der Waals surface area (Å²) in [5.41, 5.74) is 2.28. The van der Waals surface area contributed by atoms with Crippen LogP contribution in [0.15, 0.2) is 23.5 Å². The molecule has 0 unspecified atom stereocenters. The van der Waals surface area contributed by atoms with Crippen LogP contribution in [-0.2, 0) is 20.7 Å². The third-order valence-electron chi connectivity index (χ3n) is 2.52. The van der Waals surface area contributed by atoms with E-state index in [-0.39, 0.29) is 19.6 Å². The molecule has 1 heterocycles. The van der Waals surface area contributed by atoms with Gasteiger partial charge in [0.2, 0.25) is 0 Å². The molecule has 0 aliphatic carbocycles. The van der Waals surface area contributed by atoms with Gasteiger partial charge in [0.25, 0.3) is 0 Å². The molecule has 1 aromatic rings. The Morgan fingerprint density at radius 1 is 1.62 bits per heavy atom. The van der Waals surface area contributed by atoms with Crippen LogP contribution in [0.1, 0.15) is 5.69 Å². The lowest BCUT2D eigenvalue weighted by Gasteiger charge is -2.24. The largest absolute Gasteiger partial charge is 0.449 e. The van der Waals surface area contributed by atoms with Crippen molar-refractivity contribution in [3.63, 3.8) is 0 Å². The SMILES string of the molecule is C=CCOC(=O)N(C)[C@@H](Cc1cscn1)C(=O)OCC#N. The van der Waals surface area contributed by atoms with Crippen LogP contribution in [0.5, 0.6) is 0 Å². The van der Waals surface area contributed by atoms with Crippen molar-refractivity contribution in [2.75, 3.05) is 20.3 Å².